The molecule has 2 aliphatic heterocycles. The second kappa shape index (κ2) is 11.6. The molecule has 8 heteroatoms. The molecule has 2 aromatic rings. The Hall–Kier alpha value is -3.00. The molecular weight excluding hydrogens is 471 g/mol. The zero-order valence-electron chi connectivity index (χ0n) is 21.3. The first-order valence-electron chi connectivity index (χ1n) is 13.7. The minimum Gasteiger partial charge on any atom is -0.481 e. The molecule has 3 heterocycles. The number of fused-ring (bicyclic) bond motifs is 1. The molecule has 1 amide bonds. The van der Waals surface area contributed by atoms with Gasteiger partial charge in [0.15, 0.2) is 0 Å². The van der Waals surface area contributed by atoms with Gasteiger partial charge in [0.1, 0.15) is 11.6 Å². The summed E-state index contributed by atoms with van der Waals surface area (Å²) in [6.45, 7) is 3.51. The molecule has 1 saturated carbocycles. The van der Waals surface area contributed by atoms with Crippen LogP contribution in [0.25, 0.3) is 0 Å². The fourth-order valence-corrected chi connectivity index (χ4v) is 5.67. The van der Waals surface area contributed by atoms with Crippen LogP contribution in [0.4, 0.5) is 10.2 Å². The van der Waals surface area contributed by atoms with E-state index >= 15 is 0 Å². The van der Waals surface area contributed by atoms with Crippen molar-refractivity contribution in [3.8, 4) is 0 Å². The van der Waals surface area contributed by atoms with Crippen molar-refractivity contribution in [3.63, 3.8) is 0 Å². The van der Waals surface area contributed by atoms with Gasteiger partial charge in [0.25, 0.3) is 0 Å². The fourth-order valence-electron chi connectivity index (χ4n) is 5.67. The number of hydrogen-bond acceptors (Lipinski definition) is 5. The Morgan fingerprint density at radius 2 is 2.05 bits per heavy atom. The lowest BCUT2D eigenvalue weighted by Crippen LogP contribution is -2.44. The second-order valence-electron chi connectivity index (χ2n) is 10.8. The van der Waals surface area contributed by atoms with Crippen molar-refractivity contribution in [1.82, 2.24) is 15.2 Å². The zero-order valence-corrected chi connectivity index (χ0v) is 21.3. The van der Waals surface area contributed by atoms with Crippen LogP contribution in [0, 0.1) is 11.7 Å². The normalized spacial score (nSPS) is 20.5. The molecule has 37 heavy (non-hydrogen) atoms. The Kier molecular flexibility index (Phi) is 8.03. The number of aliphatic carboxylic acids is 1. The predicted octanol–water partition coefficient (Wildman–Crippen LogP) is 4.43. The Morgan fingerprint density at radius 1 is 1.19 bits per heavy atom. The molecule has 0 radical (unpaired) electrons. The number of piperidine rings is 1. The summed E-state index contributed by atoms with van der Waals surface area (Å²) in [6.07, 6.45) is 7.52. The molecule has 2 atom stereocenters. The lowest BCUT2D eigenvalue weighted by atomic mass is 9.94. The van der Waals surface area contributed by atoms with Gasteiger partial charge >= 0.3 is 5.97 Å². The third-order valence-corrected chi connectivity index (χ3v) is 7.87. The minimum absolute atomic E-state index is 0.115. The highest BCUT2D eigenvalue weighted by molar-refractivity contribution is 5.80. The number of halogens is 1. The van der Waals surface area contributed by atoms with E-state index in [0.29, 0.717) is 17.7 Å². The van der Waals surface area contributed by atoms with Crippen LogP contribution < -0.4 is 10.6 Å². The fraction of sp³-hybridized carbons (Fsp3) is 0.552. The average Bonchev–Trinajstić information content (AvgIpc) is 3.74. The number of aromatic nitrogens is 1. The van der Waals surface area contributed by atoms with Crippen molar-refractivity contribution in [2.45, 2.75) is 69.7 Å². The molecule has 5 rings (SSSR count). The van der Waals surface area contributed by atoms with Gasteiger partial charge in [-0.15, -0.1) is 0 Å². The minimum atomic E-state index is -0.987. The van der Waals surface area contributed by atoms with Crippen molar-refractivity contribution >= 4 is 17.7 Å². The second-order valence-corrected chi connectivity index (χ2v) is 10.8. The van der Waals surface area contributed by atoms with Crippen LogP contribution in [0.3, 0.4) is 0 Å². The molecule has 2 fully saturated rings. The largest absolute Gasteiger partial charge is 0.481 e. The summed E-state index contributed by atoms with van der Waals surface area (Å²) < 4.78 is 14.3. The third-order valence-electron chi connectivity index (χ3n) is 7.87. The SMILES string of the molecule is O=C(O)C[C@H](NC(=O)[C@@H]1CCCN(CCCc2ccc3c(n2)NCCC3)C1)c1ccc(F)c(C2CC2)c1. The van der Waals surface area contributed by atoms with Crippen LogP contribution in [0.15, 0.2) is 30.3 Å². The first-order valence-corrected chi connectivity index (χ1v) is 13.7. The molecule has 3 N–H and O–H groups in total. The molecule has 1 aromatic carbocycles. The van der Waals surface area contributed by atoms with Gasteiger partial charge in [-0.2, -0.15) is 0 Å². The number of nitrogens with zero attached hydrogens (tertiary/aromatic N) is 2. The van der Waals surface area contributed by atoms with Gasteiger partial charge in [-0.25, -0.2) is 9.37 Å². The lowest BCUT2D eigenvalue weighted by Gasteiger charge is -2.33. The number of carboxylic acids is 1. The number of carboxylic acid groups (broad SMARTS) is 1. The molecule has 1 saturated heterocycles. The van der Waals surface area contributed by atoms with Crippen molar-refractivity contribution in [2.24, 2.45) is 5.92 Å². The van der Waals surface area contributed by atoms with Crippen molar-refractivity contribution in [3.05, 3.63) is 58.5 Å². The summed E-state index contributed by atoms with van der Waals surface area (Å²) in [4.78, 5) is 31.9. The molecule has 0 spiro atoms. The van der Waals surface area contributed by atoms with Gasteiger partial charge in [-0.1, -0.05) is 18.2 Å². The summed E-state index contributed by atoms with van der Waals surface area (Å²) in [7, 11) is 0. The molecule has 3 aliphatic rings. The van der Waals surface area contributed by atoms with Gasteiger partial charge in [0.05, 0.1) is 18.4 Å². The third kappa shape index (κ3) is 6.66. The van der Waals surface area contributed by atoms with E-state index in [2.05, 4.69) is 27.7 Å². The number of carbonyl (C=O) groups excluding carboxylic acids is 1. The van der Waals surface area contributed by atoms with Crippen LogP contribution in [0.2, 0.25) is 0 Å². The maximum Gasteiger partial charge on any atom is 0.305 e. The Labute approximate surface area is 217 Å². The number of benzene rings is 1. The molecule has 0 bridgehead atoms. The number of likely N-dealkylation sites (tertiary alicyclic amines) is 1. The van der Waals surface area contributed by atoms with E-state index in [9.17, 15) is 19.1 Å². The van der Waals surface area contributed by atoms with E-state index in [1.807, 2.05) is 0 Å². The quantitative estimate of drug-likeness (QED) is 0.440. The van der Waals surface area contributed by atoms with E-state index in [1.165, 1.54) is 11.6 Å². The van der Waals surface area contributed by atoms with Crippen LogP contribution >= 0.6 is 0 Å². The highest BCUT2D eigenvalue weighted by Gasteiger charge is 2.30. The Bertz CT molecular complexity index is 1140. The summed E-state index contributed by atoms with van der Waals surface area (Å²) in [5.41, 5.74) is 3.69. The molecular formula is C29H37FN4O3. The smallest absolute Gasteiger partial charge is 0.305 e. The molecule has 7 nitrogen and oxygen atoms in total. The zero-order chi connectivity index (χ0) is 25.8. The predicted molar refractivity (Wildman–Crippen MR) is 140 cm³/mol. The van der Waals surface area contributed by atoms with Gasteiger partial charge in [-0.3, -0.25) is 9.59 Å². The van der Waals surface area contributed by atoms with Crippen LogP contribution in [0.5, 0.6) is 0 Å². The Morgan fingerprint density at radius 3 is 2.86 bits per heavy atom. The summed E-state index contributed by atoms with van der Waals surface area (Å²) in [5.74, 6) is -0.300. The van der Waals surface area contributed by atoms with Crippen molar-refractivity contribution in [2.75, 3.05) is 31.5 Å². The number of carbonyl (C=O) groups is 2. The summed E-state index contributed by atoms with van der Waals surface area (Å²) in [6, 6.07) is 8.41. The van der Waals surface area contributed by atoms with Crippen LogP contribution in [-0.2, 0) is 22.4 Å². The highest BCUT2D eigenvalue weighted by Crippen LogP contribution is 2.42. The number of nitrogens with one attached hydrogen (secondary N) is 2. The summed E-state index contributed by atoms with van der Waals surface area (Å²) >= 11 is 0. The standard InChI is InChI=1S/C29H37FN4O3/c30-25-12-10-21(16-24(25)19-7-8-19)26(17-27(35)36)33-29(37)22-5-2-14-34(18-22)15-3-6-23-11-9-20-4-1-13-31-28(20)32-23/h9-12,16,19,22,26H,1-8,13-15,17-18H2,(H,31,32)(H,33,37)(H,35,36)/t22-,26+/m1/s1. The molecule has 0 unspecified atom stereocenters. The lowest BCUT2D eigenvalue weighted by molar-refractivity contribution is -0.138. The van der Waals surface area contributed by atoms with Gasteiger partial charge in [0.2, 0.25) is 5.91 Å². The number of hydrogen-bond donors (Lipinski definition) is 3. The van der Waals surface area contributed by atoms with Crippen molar-refractivity contribution < 1.29 is 19.1 Å². The monoisotopic (exact) mass is 508 g/mol. The molecule has 1 aromatic heterocycles. The Balaban J connectivity index is 1.15. The summed E-state index contributed by atoms with van der Waals surface area (Å²) in [5, 5.41) is 15.8. The highest BCUT2D eigenvalue weighted by atomic mass is 19.1. The van der Waals surface area contributed by atoms with E-state index in [4.69, 9.17) is 4.98 Å². The molecule has 198 valence electrons. The van der Waals surface area contributed by atoms with Crippen molar-refractivity contribution in [1.29, 1.82) is 0 Å². The van der Waals surface area contributed by atoms with Crippen LogP contribution in [-0.4, -0.2) is 53.0 Å². The first-order chi connectivity index (χ1) is 18.0. The van der Waals surface area contributed by atoms with Gasteiger partial charge in [-0.05, 0) is 99.2 Å². The maximum absolute atomic E-state index is 14.3. The van der Waals surface area contributed by atoms with E-state index in [0.717, 1.165) is 82.5 Å². The topological polar surface area (TPSA) is 94.6 Å². The van der Waals surface area contributed by atoms with Gasteiger partial charge in [0, 0.05) is 18.8 Å². The number of aryl methyl sites for hydroxylation is 2. The number of amides is 1. The van der Waals surface area contributed by atoms with Crippen LogP contribution in [0.1, 0.15) is 79.3 Å². The first kappa shape index (κ1) is 25.6. The number of rotatable bonds is 10. The van der Waals surface area contributed by atoms with E-state index in [1.54, 1.807) is 12.1 Å². The maximum atomic E-state index is 14.3. The van der Waals surface area contributed by atoms with Gasteiger partial charge < -0.3 is 20.6 Å². The number of pyridine rings is 1. The van der Waals surface area contributed by atoms with E-state index < -0.39 is 12.0 Å². The number of anilines is 1. The molecule has 1 aliphatic carbocycles. The van der Waals surface area contributed by atoms with E-state index in [-0.39, 0.29) is 30.0 Å². The average molecular weight is 509 g/mol.